The van der Waals surface area contributed by atoms with E-state index in [0.29, 0.717) is 16.6 Å². The Morgan fingerprint density at radius 1 is 1.12 bits per heavy atom. The van der Waals surface area contributed by atoms with Crippen LogP contribution in [0.2, 0.25) is 5.02 Å². The van der Waals surface area contributed by atoms with Crippen molar-refractivity contribution in [3.8, 4) is 5.88 Å². The molecule has 0 unspecified atom stereocenters. The van der Waals surface area contributed by atoms with Crippen molar-refractivity contribution in [1.29, 1.82) is 0 Å². The molecule has 1 saturated carbocycles. The van der Waals surface area contributed by atoms with E-state index in [2.05, 4.69) is 10.3 Å². The molecule has 0 radical (unpaired) electrons. The largest absolute Gasteiger partial charge is 0.475 e. The molecule has 1 aromatic carbocycles. The maximum Gasteiger partial charge on any atom is 0.235 e. The number of carbonyl (C=O) groups excluding carboxylic acids is 1. The van der Waals surface area contributed by atoms with E-state index in [1.54, 1.807) is 12.3 Å². The highest BCUT2D eigenvalue weighted by atomic mass is 35.5. The number of anilines is 1. The molecule has 0 bridgehead atoms. The van der Waals surface area contributed by atoms with Crippen LogP contribution in [0.5, 0.6) is 5.88 Å². The van der Waals surface area contributed by atoms with Gasteiger partial charge >= 0.3 is 0 Å². The van der Waals surface area contributed by atoms with Gasteiger partial charge in [-0.15, -0.1) is 0 Å². The molecule has 1 amide bonds. The third kappa shape index (κ3) is 4.18. The first kappa shape index (κ1) is 18.7. The van der Waals surface area contributed by atoms with Crippen LogP contribution in [0, 0.1) is 0 Å². The van der Waals surface area contributed by atoms with Gasteiger partial charge < -0.3 is 10.1 Å². The molecule has 0 aliphatic heterocycles. The van der Waals surface area contributed by atoms with E-state index >= 15 is 0 Å². The molecule has 5 heteroatoms. The van der Waals surface area contributed by atoms with Gasteiger partial charge in [-0.05, 0) is 50.5 Å². The molecular formula is C21H25ClN2O2. The molecule has 1 fully saturated rings. The van der Waals surface area contributed by atoms with E-state index in [0.717, 1.165) is 31.2 Å². The number of nitrogens with zero attached hydrogens (tertiary/aromatic N) is 1. The van der Waals surface area contributed by atoms with Gasteiger partial charge in [0.05, 0.1) is 23.4 Å². The van der Waals surface area contributed by atoms with Crippen LogP contribution in [0.25, 0.3) is 0 Å². The maximum atomic E-state index is 13.2. The Hall–Kier alpha value is -2.07. The number of benzene rings is 1. The van der Waals surface area contributed by atoms with Crippen LogP contribution in [-0.2, 0) is 10.2 Å². The van der Waals surface area contributed by atoms with Crippen LogP contribution >= 0.6 is 11.6 Å². The second kappa shape index (κ2) is 8.09. The van der Waals surface area contributed by atoms with E-state index < -0.39 is 5.41 Å². The summed E-state index contributed by atoms with van der Waals surface area (Å²) in [5, 5.41) is 3.74. The van der Waals surface area contributed by atoms with Crippen molar-refractivity contribution in [1.82, 2.24) is 4.98 Å². The lowest BCUT2D eigenvalue weighted by Crippen LogP contribution is -2.42. The van der Waals surface area contributed by atoms with Gasteiger partial charge in [-0.2, -0.15) is 0 Å². The van der Waals surface area contributed by atoms with Crippen molar-refractivity contribution < 1.29 is 9.53 Å². The minimum atomic E-state index is -0.504. The minimum absolute atomic E-state index is 0.0267. The third-order valence-electron chi connectivity index (χ3n) is 4.89. The van der Waals surface area contributed by atoms with Gasteiger partial charge in [-0.25, -0.2) is 4.98 Å². The number of pyridine rings is 1. The molecule has 1 aliphatic carbocycles. The molecule has 3 rings (SSSR count). The Balaban J connectivity index is 1.81. The quantitative estimate of drug-likeness (QED) is 0.768. The minimum Gasteiger partial charge on any atom is -0.475 e. The molecule has 1 heterocycles. The van der Waals surface area contributed by atoms with Crippen molar-refractivity contribution in [2.24, 2.45) is 0 Å². The number of halogens is 1. The zero-order valence-electron chi connectivity index (χ0n) is 15.3. The van der Waals surface area contributed by atoms with Crippen LogP contribution in [0.4, 0.5) is 5.69 Å². The highest BCUT2D eigenvalue weighted by molar-refractivity contribution is 6.30. The summed E-state index contributed by atoms with van der Waals surface area (Å²) in [5.41, 5.74) is 1.22. The highest BCUT2D eigenvalue weighted by Crippen LogP contribution is 2.40. The van der Waals surface area contributed by atoms with Gasteiger partial charge in [0, 0.05) is 11.1 Å². The average molecular weight is 373 g/mol. The Morgan fingerprint density at radius 3 is 2.38 bits per heavy atom. The number of rotatable bonds is 5. The summed E-state index contributed by atoms with van der Waals surface area (Å²) in [6.45, 7) is 3.91. The fourth-order valence-electron chi connectivity index (χ4n) is 3.59. The maximum absolute atomic E-state index is 13.2. The van der Waals surface area contributed by atoms with E-state index in [9.17, 15) is 4.79 Å². The zero-order chi connectivity index (χ0) is 18.6. The number of aromatic nitrogens is 1. The average Bonchev–Trinajstić information content (AvgIpc) is 2.64. The van der Waals surface area contributed by atoms with Crippen LogP contribution in [0.15, 0.2) is 42.6 Å². The number of amides is 1. The van der Waals surface area contributed by atoms with E-state index in [-0.39, 0.29) is 12.0 Å². The smallest absolute Gasteiger partial charge is 0.235 e. The summed E-state index contributed by atoms with van der Waals surface area (Å²) in [4.78, 5) is 17.5. The summed E-state index contributed by atoms with van der Waals surface area (Å²) in [6, 6.07) is 11.3. The van der Waals surface area contributed by atoms with Gasteiger partial charge in [0.2, 0.25) is 11.8 Å². The Labute approximate surface area is 159 Å². The molecule has 1 aliphatic rings. The fraction of sp³-hybridized carbons (Fsp3) is 0.429. The van der Waals surface area contributed by atoms with Crippen molar-refractivity contribution in [2.75, 3.05) is 5.32 Å². The number of ether oxygens (including phenoxy) is 1. The van der Waals surface area contributed by atoms with Crippen LogP contribution in [0.1, 0.15) is 51.5 Å². The second-order valence-corrected chi connectivity index (χ2v) is 7.59. The number of hydrogen-bond acceptors (Lipinski definition) is 3. The third-order valence-corrected chi connectivity index (χ3v) is 5.14. The first-order chi connectivity index (χ1) is 12.5. The number of hydrogen-bond donors (Lipinski definition) is 1. The van der Waals surface area contributed by atoms with Gasteiger partial charge in [-0.1, -0.05) is 43.0 Å². The van der Waals surface area contributed by atoms with Crippen molar-refractivity contribution in [3.05, 3.63) is 53.2 Å². The second-order valence-electron chi connectivity index (χ2n) is 7.16. The molecule has 4 nitrogen and oxygen atoms in total. The molecule has 0 atom stereocenters. The number of nitrogens with one attached hydrogen (secondary N) is 1. The lowest BCUT2D eigenvalue weighted by atomic mass is 9.68. The lowest BCUT2D eigenvalue weighted by molar-refractivity contribution is -0.122. The van der Waals surface area contributed by atoms with Crippen molar-refractivity contribution in [3.63, 3.8) is 0 Å². The van der Waals surface area contributed by atoms with E-state index in [1.807, 2.05) is 44.2 Å². The SMILES string of the molecule is CC(C)Oc1ccc(NC(=O)C2(c3ccc(Cl)cc3)CCCCC2)cn1. The molecule has 138 valence electrons. The van der Waals surface area contributed by atoms with E-state index in [4.69, 9.17) is 16.3 Å². The molecular weight excluding hydrogens is 348 g/mol. The molecule has 26 heavy (non-hydrogen) atoms. The Bertz CT molecular complexity index is 736. The van der Waals surface area contributed by atoms with Crippen molar-refractivity contribution >= 4 is 23.2 Å². The molecule has 1 N–H and O–H groups in total. The van der Waals surface area contributed by atoms with Gasteiger partial charge in [-0.3, -0.25) is 4.79 Å². The first-order valence-electron chi connectivity index (χ1n) is 9.20. The summed E-state index contributed by atoms with van der Waals surface area (Å²) in [6.07, 6.45) is 6.69. The summed E-state index contributed by atoms with van der Waals surface area (Å²) < 4.78 is 5.55. The summed E-state index contributed by atoms with van der Waals surface area (Å²) in [5.74, 6) is 0.585. The van der Waals surface area contributed by atoms with Crippen LogP contribution in [0.3, 0.4) is 0 Å². The fourth-order valence-corrected chi connectivity index (χ4v) is 3.71. The molecule has 2 aromatic rings. The number of carbonyl (C=O) groups is 1. The van der Waals surface area contributed by atoms with Gasteiger partial charge in [0.1, 0.15) is 0 Å². The predicted molar refractivity (Wildman–Crippen MR) is 105 cm³/mol. The Kier molecular flexibility index (Phi) is 5.82. The van der Waals surface area contributed by atoms with Crippen molar-refractivity contribution in [2.45, 2.75) is 57.5 Å². The van der Waals surface area contributed by atoms with E-state index in [1.165, 1.54) is 6.42 Å². The van der Waals surface area contributed by atoms with Crippen LogP contribution < -0.4 is 10.1 Å². The molecule has 1 aromatic heterocycles. The summed E-state index contributed by atoms with van der Waals surface area (Å²) in [7, 11) is 0. The predicted octanol–water partition coefficient (Wildman–Crippen LogP) is 5.36. The monoisotopic (exact) mass is 372 g/mol. The molecule has 0 spiro atoms. The van der Waals surface area contributed by atoms with Gasteiger partial charge in [0.15, 0.2) is 0 Å². The molecule has 0 saturated heterocycles. The normalized spacial score (nSPS) is 16.3. The lowest BCUT2D eigenvalue weighted by Gasteiger charge is -2.36. The zero-order valence-corrected chi connectivity index (χ0v) is 16.1. The van der Waals surface area contributed by atoms with Crippen LogP contribution in [-0.4, -0.2) is 17.0 Å². The standard InChI is InChI=1S/C21H25ClN2O2/c1-15(2)26-19-11-10-18(14-23-19)24-20(25)21(12-4-3-5-13-21)16-6-8-17(22)9-7-16/h6-11,14-15H,3-5,12-13H2,1-2H3,(H,24,25). The van der Waals surface area contributed by atoms with Gasteiger partial charge in [0.25, 0.3) is 0 Å². The topological polar surface area (TPSA) is 51.2 Å². The summed E-state index contributed by atoms with van der Waals surface area (Å²) >= 11 is 6.04. The first-order valence-corrected chi connectivity index (χ1v) is 9.58. The Morgan fingerprint density at radius 2 is 1.81 bits per heavy atom. The highest BCUT2D eigenvalue weighted by Gasteiger charge is 2.41.